The van der Waals surface area contributed by atoms with Crippen LogP contribution in [-0.2, 0) is 0 Å². The molecule has 0 radical (unpaired) electrons. The highest BCUT2D eigenvalue weighted by atomic mass is 32.1. The van der Waals surface area contributed by atoms with Crippen LogP contribution >= 0.6 is 22.7 Å². The van der Waals surface area contributed by atoms with Crippen LogP contribution in [0.15, 0.2) is 127 Å². The Morgan fingerprint density at radius 1 is 0.465 bits per heavy atom. The smallest absolute Gasteiger partial charge is 0.235 e. The van der Waals surface area contributed by atoms with E-state index in [-0.39, 0.29) is 0 Å². The highest BCUT2D eigenvalue weighted by Crippen LogP contribution is 2.44. The van der Waals surface area contributed by atoms with E-state index in [1.165, 1.54) is 51.8 Å². The quantitative estimate of drug-likeness (QED) is 0.203. The lowest BCUT2D eigenvalue weighted by molar-refractivity contribution is 1.02. The summed E-state index contributed by atoms with van der Waals surface area (Å²) in [6, 6.07) is 45.6. The first-order valence-corrected chi connectivity index (χ1v) is 16.0. The molecule has 0 fully saturated rings. The Labute approximate surface area is 253 Å². The van der Waals surface area contributed by atoms with Gasteiger partial charge in [0.2, 0.25) is 5.95 Å². The number of benzene rings is 6. The van der Waals surface area contributed by atoms with E-state index in [1.54, 1.807) is 11.3 Å². The summed E-state index contributed by atoms with van der Waals surface area (Å²) >= 11 is 3.64. The third-order valence-electron chi connectivity index (χ3n) is 8.61. The third-order valence-corrected chi connectivity index (χ3v) is 11.0. The molecule has 0 spiro atoms. The van der Waals surface area contributed by atoms with Crippen LogP contribution in [0, 0.1) is 0 Å². The van der Waals surface area contributed by atoms with Gasteiger partial charge in [-0.15, -0.1) is 22.7 Å². The lowest BCUT2D eigenvalue weighted by atomic mass is 10.1. The van der Waals surface area contributed by atoms with E-state index in [9.17, 15) is 0 Å². The van der Waals surface area contributed by atoms with Crippen LogP contribution in [0.3, 0.4) is 0 Å². The number of rotatable bonds is 2. The monoisotopic (exact) mass is 583 g/mol. The van der Waals surface area contributed by atoms with Gasteiger partial charge in [-0.2, -0.15) is 0 Å². The van der Waals surface area contributed by atoms with Gasteiger partial charge in [-0.05, 0) is 35.0 Å². The van der Waals surface area contributed by atoms with Gasteiger partial charge in [0.05, 0.1) is 26.9 Å². The molecule has 0 saturated carbocycles. The molecule has 10 rings (SSSR count). The fourth-order valence-electron chi connectivity index (χ4n) is 6.65. The van der Waals surface area contributed by atoms with E-state index in [0.717, 1.165) is 32.5 Å². The second kappa shape index (κ2) is 8.71. The molecular weight excluding hydrogens is 563 g/mol. The van der Waals surface area contributed by atoms with Crippen LogP contribution in [0.1, 0.15) is 0 Å². The average Bonchev–Trinajstić information content (AvgIpc) is 3.73. The molecule has 200 valence electrons. The number of para-hydroxylation sites is 1. The zero-order valence-electron chi connectivity index (χ0n) is 22.8. The van der Waals surface area contributed by atoms with Crippen molar-refractivity contribution in [3.8, 4) is 17.2 Å². The van der Waals surface area contributed by atoms with Gasteiger partial charge in [0.15, 0.2) is 0 Å². The Morgan fingerprint density at radius 3 is 2.14 bits per heavy atom. The van der Waals surface area contributed by atoms with E-state index < -0.39 is 0 Å². The molecule has 0 aliphatic heterocycles. The van der Waals surface area contributed by atoms with Crippen molar-refractivity contribution in [2.24, 2.45) is 0 Å². The van der Waals surface area contributed by atoms with Gasteiger partial charge >= 0.3 is 0 Å². The molecule has 0 bridgehead atoms. The minimum absolute atomic E-state index is 0.700. The highest BCUT2D eigenvalue weighted by Gasteiger charge is 2.21. The summed E-state index contributed by atoms with van der Waals surface area (Å²) in [5, 5.41) is 8.71. The maximum Gasteiger partial charge on any atom is 0.235 e. The maximum atomic E-state index is 5.39. The molecule has 6 aromatic carbocycles. The van der Waals surface area contributed by atoms with Crippen LogP contribution in [0.4, 0.5) is 0 Å². The fraction of sp³-hybridized carbons (Fsp3) is 0. The second-order valence-electron chi connectivity index (χ2n) is 11.0. The molecule has 0 aliphatic carbocycles. The number of aromatic nitrogens is 3. The molecular formula is C38H21N3S2. The fourth-order valence-corrected chi connectivity index (χ4v) is 9.06. The summed E-state index contributed by atoms with van der Waals surface area (Å²) in [5.74, 6) is 0.700. The Balaban J connectivity index is 1.36. The van der Waals surface area contributed by atoms with Crippen molar-refractivity contribution in [1.82, 2.24) is 14.5 Å². The van der Waals surface area contributed by atoms with Gasteiger partial charge in [-0.3, -0.25) is 4.57 Å². The van der Waals surface area contributed by atoms with Crippen molar-refractivity contribution >= 4 is 95.7 Å². The van der Waals surface area contributed by atoms with Crippen LogP contribution < -0.4 is 0 Å². The summed E-state index contributed by atoms with van der Waals surface area (Å²) in [7, 11) is 0. The van der Waals surface area contributed by atoms with Crippen molar-refractivity contribution in [1.29, 1.82) is 0 Å². The molecule has 0 amide bonds. The topological polar surface area (TPSA) is 30.7 Å². The average molecular weight is 584 g/mol. The van der Waals surface area contributed by atoms with Gasteiger partial charge in [-0.1, -0.05) is 103 Å². The number of fused-ring (bicyclic) bond motifs is 11. The molecule has 0 N–H and O–H groups in total. The first-order chi connectivity index (χ1) is 21.3. The second-order valence-corrected chi connectivity index (χ2v) is 13.1. The predicted molar refractivity (Wildman–Crippen MR) is 185 cm³/mol. The van der Waals surface area contributed by atoms with Crippen molar-refractivity contribution in [2.45, 2.75) is 0 Å². The first-order valence-electron chi connectivity index (χ1n) is 14.3. The lowest BCUT2D eigenvalue weighted by Gasteiger charge is -2.10. The van der Waals surface area contributed by atoms with E-state index in [0.29, 0.717) is 5.95 Å². The maximum absolute atomic E-state index is 5.39. The van der Waals surface area contributed by atoms with Crippen molar-refractivity contribution in [3.63, 3.8) is 0 Å². The van der Waals surface area contributed by atoms with Gasteiger partial charge in [0.1, 0.15) is 0 Å². The molecule has 5 heteroatoms. The summed E-state index contributed by atoms with van der Waals surface area (Å²) in [5.41, 5.74) is 5.31. The molecule has 0 saturated heterocycles. The first kappa shape index (κ1) is 23.5. The zero-order valence-corrected chi connectivity index (χ0v) is 24.4. The van der Waals surface area contributed by atoms with Gasteiger partial charge in [0.25, 0.3) is 0 Å². The minimum atomic E-state index is 0.700. The molecule has 4 heterocycles. The van der Waals surface area contributed by atoms with E-state index in [4.69, 9.17) is 9.97 Å². The van der Waals surface area contributed by atoms with Gasteiger partial charge < -0.3 is 0 Å². The Hall–Kier alpha value is -5.10. The standard InChI is InChI=1S/C38H21N3S2/c1-2-11-23(12-3-1)34-37-35(27-19-18-22-10-4-5-13-24(22)36(27)43-37)40-38(39-34)41-30-16-8-6-14-25(30)28-20-29-26-15-7-9-17-32(26)42-33(29)21-31(28)41/h1-21H. The molecule has 43 heavy (non-hydrogen) atoms. The molecule has 0 aliphatic rings. The SMILES string of the molecule is c1ccc(-c2nc(-n3c4ccccc4c4cc5c(cc43)sc3ccccc35)nc3c2sc2c4ccccc4ccc32)cc1. The summed E-state index contributed by atoms with van der Waals surface area (Å²) in [4.78, 5) is 10.8. The van der Waals surface area contributed by atoms with Gasteiger partial charge in [-0.25, -0.2) is 9.97 Å². The lowest BCUT2D eigenvalue weighted by Crippen LogP contribution is -2.02. The predicted octanol–water partition coefficient (Wildman–Crippen LogP) is 11.1. The molecule has 10 aromatic rings. The van der Waals surface area contributed by atoms with Crippen LogP contribution in [0.25, 0.3) is 90.3 Å². The number of nitrogens with zero attached hydrogens (tertiary/aromatic N) is 3. The summed E-state index contributed by atoms with van der Waals surface area (Å²) in [6.45, 7) is 0. The molecule has 4 aromatic heterocycles. The Bertz CT molecular complexity index is 2730. The third kappa shape index (κ3) is 3.29. The Morgan fingerprint density at radius 2 is 1.23 bits per heavy atom. The van der Waals surface area contributed by atoms with Crippen LogP contribution in [0.2, 0.25) is 0 Å². The van der Waals surface area contributed by atoms with Crippen LogP contribution in [-0.4, -0.2) is 14.5 Å². The molecule has 0 unspecified atom stereocenters. The number of hydrogen-bond donors (Lipinski definition) is 0. The Kier molecular flexibility index (Phi) is 4.75. The van der Waals surface area contributed by atoms with Crippen molar-refractivity contribution < 1.29 is 0 Å². The van der Waals surface area contributed by atoms with E-state index in [1.807, 2.05) is 11.3 Å². The van der Waals surface area contributed by atoms with Gasteiger partial charge in [0, 0.05) is 46.6 Å². The minimum Gasteiger partial charge on any atom is -0.278 e. The van der Waals surface area contributed by atoms with E-state index in [2.05, 4.69) is 132 Å². The largest absolute Gasteiger partial charge is 0.278 e. The zero-order chi connectivity index (χ0) is 28.1. The molecule has 3 nitrogen and oxygen atoms in total. The normalized spacial score (nSPS) is 12.2. The van der Waals surface area contributed by atoms with E-state index >= 15 is 0 Å². The highest BCUT2D eigenvalue weighted by molar-refractivity contribution is 7.27. The summed E-state index contributed by atoms with van der Waals surface area (Å²) in [6.07, 6.45) is 0. The van der Waals surface area contributed by atoms with Crippen LogP contribution in [0.5, 0.6) is 0 Å². The van der Waals surface area contributed by atoms with Crippen molar-refractivity contribution in [3.05, 3.63) is 127 Å². The van der Waals surface area contributed by atoms with Crippen molar-refractivity contribution in [2.75, 3.05) is 0 Å². The summed E-state index contributed by atoms with van der Waals surface area (Å²) < 4.78 is 7.22. The molecule has 0 atom stereocenters. The number of thiophene rings is 2. The number of hydrogen-bond acceptors (Lipinski definition) is 4.